The van der Waals surface area contributed by atoms with E-state index in [1.807, 2.05) is 60.7 Å². The average molecular weight is 341 g/mol. The maximum atomic E-state index is 12.3. The lowest BCUT2D eigenvalue weighted by Gasteiger charge is -2.13. The van der Waals surface area contributed by atoms with Gasteiger partial charge in [0, 0.05) is 24.3 Å². The molecule has 2 rings (SSSR count). The highest BCUT2D eigenvalue weighted by Gasteiger charge is 2.09. The Balaban J connectivity index is 1.93. The van der Waals surface area contributed by atoms with Crippen LogP contribution in [0.3, 0.4) is 0 Å². The van der Waals surface area contributed by atoms with Gasteiger partial charge >= 0.3 is 0 Å². The lowest BCUT2D eigenvalue weighted by Crippen LogP contribution is -2.44. The quantitative estimate of drug-likeness (QED) is 0.382. The van der Waals surface area contributed by atoms with Gasteiger partial charge < -0.3 is 10.4 Å². The monoisotopic (exact) mass is 341 g/mol. The summed E-state index contributed by atoms with van der Waals surface area (Å²) >= 11 is 5.13. The zero-order valence-electron chi connectivity index (χ0n) is 13.0. The molecule has 124 valence electrons. The molecule has 2 aromatic carbocycles. The van der Waals surface area contributed by atoms with Crippen molar-refractivity contribution < 1.29 is 9.90 Å². The van der Waals surface area contributed by atoms with Gasteiger partial charge in [0.05, 0.1) is 0 Å². The zero-order chi connectivity index (χ0) is 17.2. The Morgan fingerprint density at radius 3 is 2.25 bits per heavy atom. The molecule has 0 saturated carbocycles. The molecule has 1 amide bonds. The van der Waals surface area contributed by atoms with Crippen LogP contribution in [0.5, 0.6) is 0 Å². The first-order chi connectivity index (χ1) is 11.7. The van der Waals surface area contributed by atoms with Crippen molar-refractivity contribution in [3.05, 3.63) is 71.8 Å². The number of carbonyl (C=O) groups is 1. The number of nitrogens with one attached hydrogen (secondary N) is 3. The molecule has 0 aliphatic carbocycles. The second-order valence-electron chi connectivity index (χ2n) is 4.95. The van der Waals surface area contributed by atoms with Crippen molar-refractivity contribution in [3.63, 3.8) is 0 Å². The fraction of sp³-hybridized carbons (Fsp3) is 0.111. The van der Waals surface area contributed by atoms with Crippen LogP contribution in [-0.2, 0) is 4.79 Å². The third kappa shape index (κ3) is 5.83. The van der Waals surface area contributed by atoms with Crippen LogP contribution in [0.1, 0.15) is 12.0 Å². The van der Waals surface area contributed by atoms with Gasteiger partial charge in [-0.3, -0.25) is 15.6 Å². The summed E-state index contributed by atoms with van der Waals surface area (Å²) < 4.78 is 0. The second kappa shape index (κ2) is 9.44. The number of thiocarbonyl (C=S) groups is 1. The number of rotatable bonds is 5. The van der Waals surface area contributed by atoms with Crippen LogP contribution in [0.2, 0.25) is 0 Å². The van der Waals surface area contributed by atoms with E-state index in [4.69, 9.17) is 17.3 Å². The highest BCUT2D eigenvalue weighted by Crippen LogP contribution is 2.09. The molecule has 2 aromatic rings. The molecule has 0 aliphatic rings. The lowest BCUT2D eigenvalue weighted by molar-refractivity contribution is -0.118. The van der Waals surface area contributed by atoms with Crippen molar-refractivity contribution in [2.24, 2.45) is 0 Å². The van der Waals surface area contributed by atoms with Crippen LogP contribution in [0, 0.1) is 0 Å². The van der Waals surface area contributed by atoms with Crippen molar-refractivity contribution in [3.8, 4) is 0 Å². The molecule has 0 radical (unpaired) electrons. The van der Waals surface area contributed by atoms with Gasteiger partial charge in [-0.25, -0.2) is 0 Å². The highest BCUT2D eigenvalue weighted by atomic mass is 32.1. The predicted octanol–water partition coefficient (Wildman–Crippen LogP) is 2.47. The summed E-state index contributed by atoms with van der Waals surface area (Å²) in [5.74, 6) is -0.342. The van der Waals surface area contributed by atoms with Gasteiger partial charge in [0.1, 0.15) is 0 Å². The molecular weight excluding hydrogens is 322 g/mol. The molecule has 0 bridgehead atoms. The molecule has 0 aromatic heterocycles. The SMILES string of the molecule is O=C(NNC(=S)Nc1ccccc1)C(=Cc1ccccc1)CCO. The van der Waals surface area contributed by atoms with E-state index in [1.165, 1.54) is 0 Å². The minimum Gasteiger partial charge on any atom is -0.396 e. The van der Waals surface area contributed by atoms with Crippen LogP contribution in [0.4, 0.5) is 5.69 Å². The molecule has 0 heterocycles. The van der Waals surface area contributed by atoms with Crippen molar-refractivity contribution in [2.75, 3.05) is 11.9 Å². The third-order valence-corrected chi connectivity index (χ3v) is 3.34. The number of anilines is 1. The average Bonchev–Trinajstić information content (AvgIpc) is 2.61. The molecule has 24 heavy (non-hydrogen) atoms. The highest BCUT2D eigenvalue weighted by molar-refractivity contribution is 7.80. The molecule has 0 spiro atoms. The number of carbonyl (C=O) groups excluding carboxylic acids is 1. The Kier molecular flexibility index (Phi) is 6.94. The summed E-state index contributed by atoms with van der Waals surface area (Å²) in [5, 5.41) is 12.4. The summed E-state index contributed by atoms with van der Waals surface area (Å²) in [5.41, 5.74) is 7.36. The molecule has 6 heteroatoms. The number of hydrazine groups is 1. The first-order valence-electron chi connectivity index (χ1n) is 7.48. The fourth-order valence-electron chi connectivity index (χ4n) is 2.00. The number of aliphatic hydroxyl groups excluding tert-OH is 1. The van der Waals surface area contributed by atoms with Gasteiger partial charge in [-0.15, -0.1) is 0 Å². The van der Waals surface area contributed by atoms with E-state index in [0.717, 1.165) is 11.3 Å². The van der Waals surface area contributed by atoms with Crippen molar-refractivity contribution in [2.45, 2.75) is 6.42 Å². The van der Waals surface area contributed by atoms with Crippen LogP contribution < -0.4 is 16.2 Å². The van der Waals surface area contributed by atoms with Crippen molar-refractivity contribution in [1.29, 1.82) is 0 Å². The molecular formula is C18H19N3O2S. The van der Waals surface area contributed by atoms with Gasteiger partial charge in [0.2, 0.25) is 0 Å². The number of hydrogen-bond acceptors (Lipinski definition) is 3. The van der Waals surface area contributed by atoms with Crippen LogP contribution in [0.15, 0.2) is 66.2 Å². The summed E-state index contributed by atoms with van der Waals surface area (Å²) in [6, 6.07) is 18.8. The van der Waals surface area contributed by atoms with E-state index in [9.17, 15) is 4.79 Å². The van der Waals surface area contributed by atoms with Crippen LogP contribution in [-0.4, -0.2) is 22.7 Å². The fourth-order valence-corrected chi connectivity index (χ4v) is 2.17. The maximum absolute atomic E-state index is 12.3. The third-order valence-electron chi connectivity index (χ3n) is 3.13. The molecule has 0 atom stereocenters. The molecule has 5 nitrogen and oxygen atoms in total. The van der Waals surface area contributed by atoms with Gasteiger partial charge in [0.25, 0.3) is 5.91 Å². The zero-order valence-corrected chi connectivity index (χ0v) is 13.8. The summed E-state index contributed by atoms with van der Waals surface area (Å²) in [6.07, 6.45) is 1.99. The van der Waals surface area contributed by atoms with E-state index in [1.54, 1.807) is 6.08 Å². The van der Waals surface area contributed by atoms with Crippen LogP contribution in [0.25, 0.3) is 6.08 Å². The van der Waals surface area contributed by atoms with Gasteiger partial charge in [-0.1, -0.05) is 48.5 Å². The molecule has 0 saturated heterocycles. The number of benzene rings is 2. The minimum absolute atomic E-state index is 0.112. The molecule has 4 N–H and O–H groups in total. The Morgan fingerprint density at radius 2 is 1.62 bits per heavy atom. The van der Waals surface area contributed by atoms with E-state index >= 15 is 0 Å². The molecule has 0 aliphatic heterocycles. The normalized spacial score (nSPS) is 10.8. The first kappa shape index (κ1) is 17.7. The Hall–Kier alpha value is -2.70. The van der Waals surface area contributed by atoms with E-state index < -0.39 is 0 Å². The number of para-hydroxylation sites is 1. The Bertz CT molecular complexity index is 703. The smallest absolute Gasteiger partial charge is 0.265 e. The summed E-state index contributed by atoms with van der Waals surface area (Å²) in [4.78, 5) is 12.3. The Morgan fingerprint density at radius 1 is 1.00 bits per heavy atom. The predicted molar refractivity (Wildman–Crippen MR) is 100 cm³/mol. The number of aliphatic hydroxyl groups is 1. The van der Waals surface area contributed by atoms with E-state index in [2.05, 4.69) is 16.2 Å². The number of amides is 1. The molecule has 0 fully saturated rings. The maximum Gasteiger partial charge on any atom is 0.265 e. The number of hydrogen-bond donors (Lipinski definition) is 4. The standard InChI is InChI=1S/C18H19N3O2S/c22-12-11-15(13-14-7-3-1-4-8-14)17(23)20-21-18(24)19-16-9-5-2-6-10-16/h1-10,13,22H,11-12H2,(H,20,23)(H2,19,21,24). The van der Waals surface area contributed by atoms with Gasteiger partial charge in [-0.05, 0) is 36.0 Å². The van der Waals surface area contributed by atoms with Gasteiger partial charge in [0.15, 0.2) is 5.11 Å². The second-order valence-corrected chi connectivity index (χ2v) is 5.36. The first-order valence-corrected chi connectivity index (χ1v) is 7.88. The van der Waals surface area contributed by atoms with Crippen molar-refractivity contribution in [1.82, 2.24) is 10.9 Å². The Labute approximate surface area is 146 Å². The van der Waals surface area contributed by atoms with Crippen LogP contribution >= 0.6 is 12.2 Å². The van der Waals surface area contributed by atoms with Gasteiger partial charge in [-0.2, -0.15) is 0 Å². The summed E-state index contributed by atoms with van der Waals surface area (Å²) in [7, 11) is 0. The van der Waals surface area contributed by atoms with E-state index in [0.29, 0.717) is 5.57 Å². The topological polar surface area (TPSA) is 73.4 Å². The summed E-state index contributed by atoms with van der Waals surface area (Å²) in [6.45, 7) is -0.112. The molecule has 0 unspecified atom stereocenters. The van der Waals surface area contributed by atoms with E-state index in [-0.39, 0.29) is 24.0 Å². The largest absolute Gasteiger partial charge is 0.396 e. The minimum atomic E-state index is -0.342. The van der Waals surface area contributed by atoms with Crippen molar-refractivity contribution >= 4 is 35.0 Å². The lowest BCUT2D eigenvalue weighted by atomic mass is 10.1.